The number of unbranched alkanes of at least 4 members (excludes halogenated alkanes) is 1. The Morgan fingerprint density at radius 2 is 1.97 bits per heavy atom. The number of allylic oxidation sites excluding steroid dienone is 2. The van der Waals surface area contributed by atoms with Gasteiger partial charge in [0.25, 0.3) is 0 Å². The molecule has 5 atom stereocenters. The molecule has 0 N–H and O–H groups in total. The summed E-state index contributed by atoms with van der Waals surface area (Å²) in [4.78, 5) is 12.7. The SMILES string of the molecule is C=CCOC(=O)CCC/C=C\C[C@@H]1[C@@H](CSc2cc(Cl)cc(Cl)c2)[C@H](OC2CCCCO2)C[C@H]1Cl. The van der Waals surface area contributed by atoms with E-state index in [1.54, 1.807) is 23.9 Å². The summed E-state index contributed by atoms with van der Waals surface area (Å²) >= 11 is 21.0. The fourth-order valence-electron chi connectivity index (χ4n) is 4.60. The molecule has 1 heterocycles. The Morgan fingerprint density at radius 3 is 2.69 bits per heavy atom. The van der Waals surface area contributed by atoms with Gasteiger partial charge in [-0.1, -0.05) is 48.0 Å². The molecule has 1 saturated heterocycles. The topological polar surface area (TPSA) is 44.8 Å². The molecule has 0 radical (unpaired) electrons. The molecule has 0 spiro atoms. The molecule has 2 fully saturated rings. The average molecular weight is 562 g/mol. The Balaban J connectivity index is 1.57. The van der Waals surface area contributed by atoms with E-state index in [4.69, 9.17) is 49.0 Å². The fourth-order valence-corrected chi connectivity index (χ4v) is 6.99. The van der Waals surface area contributed by atoms with Crippen molar-refractivity contribution < 1.29 is 19.0 Å². The summed E-state index contributed by atoms with van der Waals surface area (Å²) in [7, 11) is 0. The molecule has 1 aliphatic carbocycles. The van der Waals surface area contributed by atoms with Gasteiger partial charge in [-0.25, -0.2) is 0 Å². The van der Waals surface area contributed by atoms with Crippen molar-refractivity contribution in [1.82, 2.24) is 0 Å². The number of halogens is 3. The molecule has 4 nitrogen and oxygen atoms in total. The predicted molar refractivity (Wildman–Crippen MR) is 146 cm³/mol. The third-order valence-electron chi connectivity index (χ3n) is 6.38. The van der Waals surface area contributed by atoms with E-state index in [1.165, 1.54) is 0 Å². The Bertz CT molecular complexity index is 823. The molecule has 1 unspecified atom stereocenters. The van der Waals surface area contributed by atoms with Crippen LogP contribution in [-0.2, 0) is 19.0 Å². The van der Waals surface area contributed by atoms with Gasteiger partial charge in [-0.05, 0) is 75.0 Å². The molecule has 3 rings (SSSR count). The van der Waals surface area contributed by atoms with Crippen molar-refractivity contribution in [2.24, 2.45) is 11.8 Å². The number of alkyl halides is 1. The van der Waals surface area contributed by atoms with Crippen LogP contribution in [0.5, 0.6) is 0 Å². The second kappa shape index (κ2) is 15.5. The minimum atomic E-state index is -0.182. The van der Waals surface area contributed by atoms with Crippen molar-refractivity contribution in [3.63, 3.8) is 0 Å². The van der Waals surface area contributed by atoms with E-state index in [9.17, 15) is 4.79 Å². The molecule has 194 valence electrons. The minimum absolute atomic E-state index is 0.0377. The number of thioether (sulfide) groups is 1. The molecule has 0 amide bonds. The van der Waals surface area contributed by atoms with Crippen LogP contribution in [0.1, 0.15) is 51.4 Å². The Hall–Kier alpha value is -0.690. The minimum Gasteiger partial charge on any atom is -0.461 e. The third kappa shape index (κ3) is 9.94. The second-order valence-electron chi connectivity index (χ2n) is 9.04. The van der Waals surface area contributed by atoms with E-state index >= 15 is 0 Å². The van der Waals surface area contributed by atoms with E-state index in [2.05, 4.69) is 18.7 Å². The lowest BCUT2D eigenvalue weighted by Crippen LogP contribution is -2.32. The zero-order valence-electron chi connectivity index (χ0n) is 20.0. The van der Waals surface area contributed by atoms with Crippen molar-refractivity contribution in [3.05, 3.63) is 53.1 Å². The molecule has 1 aliphatic heterocycles. The van der Waals surface area contributed by atoms with Gasteiger partial charge < -0.3 is 14.2 Å². The monoisotopic (exact) mass is 560 g/mol. The maximum absolute atomic E-state index is 11.6. The zero-order valence-corrected chi connectivity index (χ0v) is 23.1. The van der Waals surface area contributed by atoms with E-state index < -0.39 is 0 Å². The highest BCUT2D eigenvalue weighted by Gasteiger charge is 2.43. The van der Waals surface area contributed by atoms with E-state index in [0.717, 1.165) is 62.2 Å². The summed E-state index contributed by atoms with van der Waals surface area (Å²) in [5.41, 5.74) is 0. The van der Waals surface area contributed by atoms with E-state index in [0.29, 0.717) is 22.4 Å². The van der Waals surface area contributed by atoms with Gasteiger partial charge in [-0.15, -0.1) is 23.4 Å². The first-order chi connectivity index (χ1) is 17.0. The summed E-state index contributed by atoms with van der Waals surface area (Å²) in [6.45, 7) is 4.58. The van der Waals surface area contributed by atoms with Gasteiger partial charge in [0.15, 0.2) is 6.29 Å². The Labute approximate surface area is 228 Å². The number of benzene rings is 1. The molecular formula is C27H35Cl3O4S. The Morgan fingerprint density at radius 1 is 1.17 bits per heavy atom. The number of esters is 1. The van der Waals surface area contributed by atoms with Crippen molar-refractivity contribution in [1.29, 1.82) is 0 Å². The number of hydrogen-bond acceptors (Lipinski definition) is 5. The molecular weight excluding hydrogens is 527 g/mol. The lowest BCUT2D eigenvalue weighted by molar-refractivity contribution is -0.194. The molecule has 0 bridgehead atoms. The first-order valence-electron chi connectivity index (χ1n) is 12.4. The summed E-state index contributed by atoms with van der Waals surface area (Å²) < 4.78 is 17.3. The molecule has 35 heavy (non-hydrogen) atoms. The van der Waals surface area contributed by atoms with Crippen LogP contribution >= 0.6 is 46.6 Å². The third-order valence-corrected chi connectivity index (χ3v) is 8.44. The highest BCUT2D eigenvalue weighted by molar-refractivity contribution is 7.99. The molecule has 1 aromatic rings. The highest BCUT2D eigenvalue weighted by Crippen LogP contribution is 2.44. The van der Waals surface area contributed by atoms with Crippen molar-refractivity contribution in [3.8, 4) is 0 Å². The van der Waals surface area contributed by atoms with E-state index in [-0.39, 0.29) is 36.3 Å². The number of rotatable bonds is 13. The summed E-state index contributed by atoms with van der Waals surface area (Å²) in [6, 6.07) is 5.64. The van der Waals surface area contributed by atoms with Crippen LogP contribution in [-0.4, -0.2) is 42.7 Å². The van der Waals surface area contributed by atoms with Gasteiger partial charge in [0.05, 0.1) is 6.10 Å². The van der Waals surface area contributed by atoms with Crippen LogP contribution in [0.25, 0.3) is 0 Å². The van der Waals surface area contributed by atoms with Crippen LogP contribution in [0.3, 0.4) is 0 Å². The van der Waals surface area contributed by atoms with Gasteiger partial charge >= 0.3 is 5.97 Å². The predicted octanol–water partition coefficient (Wildman–Crippen LogP) is 8.09. The summed E-state index contributed by atoms with van der Waals surface area (Å²) in [5.74, 6) is 1.26. The quantitative estimate of drug-likeness (QED) is 0.0800. The standard InChI is InChI=1S/C27H35Cl3O4S/c1-2-12-32-26(31)10-6-4-3-5-9-22-23(18-35-21-15-19(28)14-20(29)16-21)25(17-24(22)30)34-27-11-7-8-13-33-27/h2-3,5,14-16,22-25,27H,1,4,6-13,17-18H2/b5-3-/t22-,23-,24-,25-,27?/m1/s1. The van der Waals surface area contributed by atoms with Crippen LogP contribution in [0, 0.1) is 11.8 Å². The van der Waals surface area contributed by atoms with Gasteiger partial charge in [-0.2, -0.15) is 0 Å². The molecule has 8 heteroatoms. The lowest BCUT2D eigenvalue weighted by atomic mass is 9.92. The fraction of sp³-hybridized carbons (Fsp3) is 0.593. The number of hydrogen-bond donors (Lipinski definition) is 0. The van der Waals surface area contributed by atoms with Crippen LogP contribution in [0.2, 0.25) is 10.0 Å². The van der Waals surface area contributed by atoms with Crippen LogP contribution in [0.15, 0.2) is 47.9 Å². The summed E-state index contributed by atoms with van der Waals surface area (Å²) in [6.07, 6.45) is 12.7. The molecule has 1 saturated carbocycles. The Kier molecular flexibility index (Phi) is 12.8. The number of carbonyl (C=O) groups excluding carboxylic acids is 1. The number of carbonyl (C=O) groups is 1. The molecule has 0 aromatic heterocycles. The second-order valence-corrected chi connectivity index (χ2v) is 11.6. The largest absolute Gasteiger partial charge is 0.461 e. The van der Waals surface area contributed by atoms with E-state index in [1.807, 2.05) is 12.1 Å². The number of ether oxygens (including phenoxy) is 3. The van der Waals surface area contributed by atoms with Crippen LogP contribution in [0.4, 0.5) is 0 Å². The average Bonchev–Trinajstić information content (AvgIpc) is 3.12. The first kappa shape index (κ1) is 28.9. The molecule has 1 aromatic carbocycles. The van der Waals surface area contributed by atoms with Gasteiger partial charge in [-0.3, -0.25) is 4.79 Å². The maximum atomic E-state index is 11.6. The van der Waals surface area contributed by atoms with Crippen molar-refractivity contribution in [2.45, 2.75) is 74.0 Å². The van der Waals surface area contributed by atoms with Crippen molar-refractivity contribution >= 4 is 52.5 Å². The van der Waals surface area contributed by atoms with Gasteiger partial charge in [0.2, 0.25) is 0 Å². The van der Waals surface area contributed by atoms with Crippen molar-refractivity contribution in [2.75, 3.05) is 19.0 Å². The normalized spacial score (nSPS) is 26.8. The van der Waals surface area contributed by atoms with Gasteiger partial charge in [0, 0.05) is 39.1 Å². The highest BCUT2D eigenvalue weighted by atomic mass is 35.5. The first-order valence-corrected chi connectivity index (χ1v) is 14.6. The zero-order chi connectivity index (χ0) is 25.0. The smallest absolute Gasteiger partial charge is 0.306 e. The molecule has 2 aliphatic rings. The lowest BCUT2D eigenvalue weighted by Gasteiger charge is -2.30. The van der Waals surface area contributed by atoms with Gasteiger partial charge in [0.1, 0.15) is 6.61 Å². The maximum Gasteiger partial charge on any atom is 0.306 e. The summed E-state index contributed by atoms with van der Waals surface area (Å²) in [5, 5.41) is 1.31. The van der Waals surface area contributed by atoms with Crippen LogP contribution < -0.4 is 0 Å².